The number of carboxylic acid groups (broad SMARTS) is 1. The Bertz CT molecular complexity index is 309. The molecule has 1 amide bonds. The molecule has 0 unspecified atom stereocenters. The number of alkyl halides is 2. The van der Waals surface area contributed by atoms with Crippen molar-refractivity contribution in [1.29, 1.82) is 0 Å². The van der Waals surface area contributed by atoms with Gasteiger partial charge in [-0.1, -0.05) is 19.3 Å². The molecule has 1 saturated carbocycles. The predicted octanol–water partition coefficient (Wildman–Crippen LogP) is 2.50. The van der Waals surface area contributed by atoms with Crippen LogP contribution in [0, 0.1) is 5.92 Å². The van der Waals surface area contributed by atoms with Gasteiger partial charge in [0.1, 0.15) is 0 Å². The number of hydrogen-bond acceptors (Lipinski definition) is 2. The van der Waals surface area contributed by atoms with Crippen LogP contribution in [0.4, 0.5) is 13.6 Å². The highest BCUT2D eigenvalue weighted by atomic mass is 19.3. The van der Waals surface area contributed by atoms with Crippen LogP contribution >= 0.6 is 0 Å². The molecular weight excluding hydrogens is 254 g/mol. The van der Waals surface area contributed by atoms with Crippen LogP contribution in [0.25, 0.3) is 0 Å². The van der Waals surface area contributed by atoms with Crippen LogP contribution in [0.1, 0.15) is 32.1 Å². The molecule has 6 heteroatoms. The first-order chi connectivity index (χ1) is 9.08. The number of rotatable bonds is 3. The molecule has 1 saturated heterocycles. The molecule has 0 spiro atoms. The van der Waals surface area contributed by atoms with Gasteiger partial charge >= 0.3 is 6.09 Å². The largest absolute Gasteiger partial charge is 0.465 e. The number of nitrogens with zero attached hydrogens (tertiary/aromatic N) is 2. The molecule has 0 bridgehead atoms. The monoisotopic (exact) mass is 276 g/mol. The molecule has 1 N–H and O–H groups in total. The lowest BCUT2D eigenvalue weighted by molar-refractivity contribution is -0.0271. The zero-order valence-corrected chi connectivity index (χ0v) is 11.1. The Labute approximate surface area is 112 Å². The molecule has 2 fully saturated rings. The maximum atomic E-state index is 13.1. The highest BCUT2D eigenvalue weighted by molar-refractivity contribution is 5.65. The van der Waals surface area contributed by atoms with Crippen LogP contribution < -0.4 is 0 Å². The molecule has 2 rings (SSSR count). The molecule has 1 aliphatic heterocycles. The van der Waals surface area contributed by atoms with Gasteiger partial charge in [0.2, 0.25) is 0 Å². The lowest BCUT2D eigenvalue weighted by Crippen LogP contribution is -2.58. The Morgan fingerprint density at radius 1 is 1.21 bits per heavy atom. The van der Waals surface area contributed by atoms with E-state index in [1.165, 1.54) is 19.3 Å². The smallest absolute Gasteiger partial charge is 0.407 e. The topological polar surface area (TPSA) is 43.8 Å². The summed E-state index contributed by atoms with van der Waals surface area (Å²) in [6.45, 7) is 1.39. The first-order valence-corrected chi connectivity index (χ1v) is 7.08. The Kier molecular flexibility index (Phi) is 4.96. The zero-order chi connectivity index (χ0) is 13.8. The van der Waals surface area contributed by atoms with Crippen molar-refractivity contribution in [1.82, 2.24) is 9.80 Å². The SMILES string of the molecule is O=C(O)N1CCN(CC2CCCCC2)[C@@H](C(F)F)C1. The van der Waals surface area contributed by atoms with Crippen molar-refractivity contribution >= 4 is 6.09 Å². The van der Waals surface area contributed by atoms with Gasteiger partial charge in [0, 0.05) is 26.2 Å². The summed E-state index contributed by atoms with van der Waals surface area (Å²) in [7, 11) is 0. The van der Waals surface area contributed by atoms with Gasteiger partial charge in [-0.3, -0.25) is 4.90 Å². The minimum absolute atomic E-state index is 0.0697. The van der Waals surface area contributed by atoms with E-state index < -0.39 is 18.6 Å². The first-order valence-electron chi connectivity index (χ1n) is 7.08. The summed E-state index contributed by atoms with van der Waals surface area (Å²) >= 11 is 0. The van der Waals surface area contributed by atoms with Crippen LogP contribution in [-0.2, 0) is 0 Å². The van der Waals surface area contributed by atoms with E-state index in [1.807, 2.05) is 0 Å². The molecule has 0 radical (unpaired) electrons. The fraction of sp³-hybridized carbons (Fsp3) is 0.923. The van der Waals surface area contributed by atoms with E-state index in [0.717, 1.165) is 17.7 Å². The second kappa shape index (κ2) is 6.50. The summed E-state index contributed by atoms with van der Waals surface area (Å²) in [6.07, 6.45) is 2.30. The summed E-state index contributed by atoms with van der Waals surface area (Å²) < 4.78 is 26.2. The average molecular weight is 276 g/mol. The van der Waals surface area contributed by atoms with Crippen molar-refractivity contribution < 1.29 is 18.7 Å². The Balaban J connectivity index is 1.92. The van der Waals surface area contributed by atoms with Gasteiger partial charge in [-0.15, -0.1) is 0 Å². The van der Waals surface area contributed by atoms with Crippen LogP contribution in [0.2, 0.25) is 0 Å². The number of hydrogen-bond donors (Lipinski definition) is 1. The van der Waals surface area contributed by atoms with E-state index in [0.29, 0.717) is 25.6 Å². The molecule has 0 aromatic heterocycles. The number of halogens is 2. The van der Waals surface area contributed by atoms with Crippen molar-refractivity contribution in [3.05, 3.63) is 0 Å². The van der Waals surface area contributed by atoms with Gasteiger partial charge in [-0.25, -0.2) is 13.6 Å². The van der Waals surface area contributed by atoms with Crippen LogP contribution in [0.5, 0.6) is 0 Å². The quantitative estimate of drug-likeness (QED) is 0.861. The van der Waals surface area contributed by atoms with E-state index in [-0.39, 0.29) is 6.54 Å². The summed E-state index contributed by atoms with van der Waals surface area (Å²) in [5.74, 6) is 0.506. The van der Waals surface area contributed by atoms with E-state index >= 15 is 0 Å². The lowest BCUT2D eigenvalue weighted by Gasteiger charge is -2.41. The van der Waals surface area contributed by atoms with Crippen molar-refractivity contribution in [2.24, 2.45) is 5.92 Å². The minimum atomic E-state index is -2.48. The molecule has 1 heterocycles. The van der Waals surface area contributed by atoms with Crippen LogP contribution in [0.15, 0.2) is 0 Å². The van der Waals surface area contributed by atoms with Crippen molar-refractivity contribution in [3.8, 4) is 0 Å². The zero-order valence-electron chi connectivity index (χ0n) is 11.1. The number of carbonyl (C=O) groups is 1. The van der Waals surface area contributed by atoms with Crippen molar-refractivity contribution in [2.45, 2.75) is 44.6 Å². The molecule has 0 aromatic rings. The summed E-state index contributed by atoms with van der Waals surface area (Å²) in [5.41, 5.74) is 0. The standard InChI is InChI=1S/C13H22F2N2O2/c14-12(15)11-9-17(13(18)19)7-6-16(11)8-10-4-2-1-3-5-10/h10-12H,1-9H2,(H,18,19)/t11-/m1/s1. The predicted molar refractivity (Wildman–Crippen MR) is 67.5 cm³/mol. The Morgan fingerprint density at radius 2 is 1.89 bits per heavy atom. The molecule has 19 heavy (non-hydrogen) atoms. The molecule has 1 atom stereocenters. The molecular formula is C13H22F2N2O2. The molecule has 1 aliphatic carbocycles. The second-order valence-electron chi connectivity index (χ2n) is 5.63. The third-order valence-corrected chi connectivity index (χ3v) is 4.31. The highest BCUT2D eigenvalue weighted by Gasteiger charge is 2.36. The average Bonchev–Trinajstić information content (AvgIpc) is 2.39. The van der Waals surface area contributed by atoms with Crippen molar-refractivity contribution in [3.63, 3.8) is 0 Å². The highest BCUT2D eigenvalue weighted by Crippen LogP contribution is 2.27. The van der Waals surface area contributed by atoms with Crippen molar-refractivity contribution in [2.75, 3.05) is 26.2 Å². The van der Waals surface area contributed by atoms with Gasteiger partial charge in [-0.05, 0) is 18.8 Å². The van der Waals surface area contributed by atoms with E-state index in [2.05, 4.69) is 0 Å². The summed E-state index contributed by atoms with van der Waals surface area (Å²) in [5, 5.41) is 8.91. The molecule has 2 aliphatic rings. The van der Waals surface area contributed by atoms with Gasteiger partial charge in [0.05, 0.1) is 6.04 Å². The summed E-state index contributed by atoms with van der Waals surface area (Å²) in [6, 6.07) is -0.938. The Hall–Kier alpha value is -0.910. The fourth-order valence-corrected chi connectivity index (χ4v) is 3.19. The van der Waals surface area contributed by atoms with E-state index in [1.54, 1.807) is 4.90 Å². The third-order valence-electron chi connectivity index (χ3n) is 4.31. The van der Waals surface area contributed by atoms with E-state index in [4.69, 9.17) is 5.11 Å². The van der Waals surface area contributed by atoms with Gasteiger partial charge < -0.3 is 10.0 Å². The van der Waals surface area contributed by atoms with Crippen LogP contribution in [-0.4, -0.2) is 59.6 Å². The number of amides is 1. The molecule has 110 valence electrons. The molecule has 0 aromatic carbocycles. The van der Waals surface area contributed by atoms with Gasteiger partial charge in [-0.2, -0.15) is 0 Å². The maximum absolute atomic E-state index is 13.1. The van der Waals surface area contributed by atoms with Gasteiger partial charge in [0.15, 0.2) is 0 Å². The number of piperazine rings is 1. The fourth-order valence-electron chi connectivity index (χ4n) is 3.19. The third kappa shape index (κ3) is 3.78. The maximum Gasteiger partial charge on any atom is 0.407 e. The normalized spacial score (nSPS) is 26.9. The first kappa shape index (κ1) is 14.5. The van der Waals surface area contributed by atoms with E-state index in [9.17, 15) is 13.6 Å². The van der Waals surface area contributed by atoms with Crippen LogP contribution in [0.3, 0.4) is 0 Å². The second-order valence-corrected chi connectivity index (χ2v) is 5.63. The summed E-state index contributed by atoms with van der Waals surface area (Å²) in [4.78, 5) is 13.8. The Morgan fingerprint density at radius 3 is 2.47 bits per heavy atom. The molecule has 4 nitrogen and oxygen atoms in total. The van der Waals surface area contributed by atoms with Gasteiger partial charge in [0.25, 0.3) is 6.43 Å². The minimum Gasteiger partial charge on any atom is -0.465 e. The lowest BCUT2D eigenvalue weighted by atomic mass is 9.88.